The summed E-state index contributed by atoms with van der Waals surface area (Å²) in [5.41, 5.74) is 8.13. The average molecular weight is 391 g/mol. The van der Waals surface area contributed by atoms with E-state index in [1.54, 1.807) is 12.4 Å². The lowest BCUT2D eigenvalue weighted by Gasteiger charge is -2.41. The molecule has 0 saturated carbocycles. The van der Waals surface area contributed by atoms with Crippen LogP contribution < -0.4 is 0 Å². The number of azide groups is 1. The zero-order chi connectivity index (χ0) is 16.1. The Labute approximate surface area is 139 Å². The summed E-state index contributed by atoms with van der Waals surface area (Å²) in [6.45, 7) is -0.386. The molecule has 1 aliphatic heterocycles. The van der Waals surface area contributed by atoms with Crippen LogP contribution in [0, 0.1) is 0 Å². The molecule has 8 nitrogen and oxygen atoms in total. The van der Waals surface area contributed by atoms with Gasteiger partial charge in [-0.15, -0.1) is 0 Å². The topological polar surface area (TPSA) is 121 Å². The van der Waals surface area contributed by atoms with Crippen LogP contribution in [0.15, 0.2) is 32.9 Å². The van der Waals surface area contributed by atoms with E-state index in [9.17, 15) is 10.2 Å². The van der Waals surface area contributed by atoms with Crippen molar-refractivity contribution in [2.24, 2.45) is 5.11 Å². The number of ether oxygens (including phenoxy) is 2. The van der Waals surface area contributed by atoms with Gasteiger partial charge >= 0.3 is 0 Å². The van der Waals surface area contributed by atoms with Crippen LogP contribution in [0.5, 0.6) is 0 Å². The minimum Gasteiger partial charge on any atom is -0.394 e. The Kier molecular flexibility index (Phi) is 6.45. The van der Waals surface area contributed by atoms with Crippen molar-refractivity contribution in [3.63, 3.8) is 0 Å². The maximum Gasteiger partial charge on any atom is 0.134 e. The number of pyridine rings is 1. The fraction of sp³-hybridized carbons (Fsp3) is 0.583. The predicted octanol–water partition coefficient (Wildman–Crippen LogP) is 1.71. The lowest BCUT2D eigenvalue weighted by Crippen LogP contribution is -2.57. The molecule has 1 aromatic heterocycles. The summed E-state index contributed by atoms with van der Waals surface area (Å²) in [6.07, 6.45) is 0.677. The Morgan fingerprint density at radius 3 is 2.95 bits per heavy atom. The molecule has 0 spiro atoms. The number of thioether (sulfide) groups is 1. The standard InChI is InChI=1S/C12H15BrN4O4S/c1-20-11-9(16-17-14)10(19)8(5-18)21-12(11)22-7-2-6(13)3-15-4-7/h2-4,8-12,18-19H,5H2,1H3/t8-,9+,10+,11-,12-/m1/s1. The van der Waals surface area contributed by atoms with Gasteiger partial charge < -0.3 is 19.7 Å². The SMILES string of the molecule is CO[C@@H]1[C@@H](N=[N+]=[N-])[C@@H](O)[C@@H](CO)O[C@@H]1Sc1cncc(Br)c1. The molecule has 0 amide bonds. The monoisotopic (exact) mass is 390 g/mol. The van der Waals surface area contributed by atoms with Crippen molar-refractivity contribution in [2.45, 2.75) is 34.7 Å². The molecule has 1 aliphatic rings. The van der Waals surface area contributed by atoms with Gasteiger partial charge in [-0.2, -0.15) is 0 Å². The molecule has 0 aromatic carbocycles. The van der Waals surface area contributed by atoms with Gasteiger partial charge in [0.05, 0.1) is 18.8 Å². The van der Waals surface area contributed by atoms with Gasteiger partial charge in [0.2, 0.25) is 0 Å². The Balaban J connectivity index is 2.25. The molecule has 1 saturated heterocycles. The van der Waals surface area contributed by atoms with Gasteiger partial charge in [0.1, 0.15) is 17.6 Å². The number of aliphatic hydroxyl groups excluding tert-OH is 2. The third kappa shape index (κ3) is 3.90. The van der Waals surface area contributed by atoms with E-state index in [-0.39, 0.29) is 6.61 Å². The number of aromatic nitrogens is 1. The first-order valence-corrected chi connectivity index (χ1v) is 8.06. The second-order valence-corrected chi connectivity index (χ2v) is 6.66. The summed E-state index contributed by atoms with van der Waals surface area (Å²) >= 11 is 4.65. The lowest BCUT2D eigenvalue weighted by molar-refractivity contribution is -0.167. The Morgan fingerprint density at radius 1 is 1.59 bits per heavy atom. The average Bonchev–Trinajstić information content (AvgIpc) is 2.50. The highest BCUT2D eigenvalue weighted by Gasteiger charge is 2.45. The molecule has 2 N–H and O–H groups in total. The summed E-state index contributed by atoms with van der Waals surface area (Å²) < 4.78 is 11.8. The number of hydrogen-bond acceptors (Lipinski definition) is 7. The van der Waals surface area contributed by atoms with E-state index in [2.05, 4.69) is 30.9 Å². The second-order valence-electron chi connectivity index (χ2n) is 4.57. The third-order valence-corrected chi connectivity index (χ3v) is 4.75. The molecule has 2 heterocycles. The molecular weight excluding hydrogens is 376 g/mol. The van der Waals surface area contributed by atoms with Gasteiger partial charge in [0, 0.05) is 33.8 Å². The summed E-state index contributed by atoms with van der Waals surface area (Å²) in [5.74, 6) is 0. The summed E-state index contributed by atoms with van der Waals surface area (Å²) in [7, 11) is 1.45. The Hall–Kier alpha value is -0.870. The van der Waals surface area contributed by atoms with Gasteiger partial charge in [-0.1, -0.05) is 16.9 Å². The quantitative estimate of drug-likeness (QED) is 0.448. The van der Waals surface area contributed by atoms with Crippen molar-refractivity contribution in [1.29, 1.82) is 0 Å². The highest BCUT2D eigenvalue weighted by molar-refractivity contribution is 9.10. The van der Waals surface area contributed by atoms with E-state index in [0.717, 1.165) is 9.37 Å². The Bertz CT molecular complexity index is 560. The third-order valence-electron chi connectivity index (χ3n) is 3.21. The molecule has 10 heteroatoms. The molecule has 0 aliphatic carbocycles. The first kappa shape index (κ1) is 17.5. The fourth-order valence-electron chi connectivity index (χ4n) is 2.19. The van der Waals surface area contributed by atoms with Gasteiger partial charge in [-0.05, 0) is 27.5 Å². The minimum absolute atomic E-state index is 0.386. The van der Waals surface area contributed by atoms with Gasteiger partial charge in [0.25, 0.3) is 0 Å². The van der Waals surface area contributed by atoms with Crippen LogP contribution in [0.1, 0.15) is 0 Å². The zero-order valence-electron chi connectivity index (χ0n) is 11.6. The number of halogens is 1. The summed E-state index contributed by atoms with van der Waals surface area (Å²) in [6, 6.07) is 1.01. The molecular formula is C12H15BrN4O4S. The minimum atomic E-state index is -1.14. The number of aliphatic hydroxyl groups is 2. The molecule has 2 rings (SSSR count). The molecule has 1 aromatic rings. The number of nitrogens with zero attached hydrogens (tertiary/aromatic N) is 4. The number of rotatable bonds is 5. The first-order valence-electron chi connectivity index (χ1n) is 6.39. The maximum absolute atomic E-state index is 10.1. The summed E-state index contributed by atoms with van der Waals surface area (Å²) in [5, 5.41) is 23.1. The van der Waals surface area contributed by atoms with E-state index in [0.29, 0.717) is 0 Å². The molecule has 0 radical (unpaired) electrons. The second kappa shape index (κ2) is 8.11. The smallest absolute Gasteiger partial charge is 0.134 e. The van der Waals surface area contributed by atoms with E-state index in [1.807, 2.05) is 6.07 Å². The Morgan fingerprint density at radius 2 is 2.36 bits per heavy atom. The van der Waals surface area contributed by atoms with Crippen LogP contribution in [-0.2, 0) is 9.47 Å². The fourth-order valence-corrected chi connectivity index (χ4v) is 3.89. The normalized spacial score (nSPS) is 31.5. The largest absolute Gasteiger partial charge is 0.394 e. The zero-order valence-corrected chi connectivity index (χ0v) is 14.0. The van der Waals surface area contributed by atoms with Crippen molar-refractivity contribution in [2.75, 3.05) is 13.7 Å². The number of methoxy groups -OCH3 is 1. The molecule has 22 heavy (non-hydrogen) atoms. The first-order chi connectivity index (χ1) is 10.6. The van der Waals surface area contributed by atoms with Crippen molar-refractivity contribution in [3.8, 4) is 0 Å². The van der Waals surface area contributed by atoms with Crippen LogP contribution in [0.25, 0.3) is 10.4 Å². The van der Waals surface area contributed by atoms with Crippen LogP contribution in [0.4, 0.5) is 0 Å². The van der Waals surface area contributed by atoms with Gasteiger partial charge in [-0.25, -0.2) is 0 Å². The highest BCUT2D eigenvalue weighted by Crippen LogP contribution is 2.36. The lowest BCUT2D eigenvalue weighted by atomic mass is 9.98. The van der Waals surface area contributed by atoms with E-state index >= 15 is 0 Å². The van der Waals surface area contributed by atoms with E-state index in [1.165, 1.54) is 18.9 Å². The van der Waals surface area contributed by atoms with Crippen molar-refractivity contribution in [1.82, 2.24) is 4.98 Å². The van der Waals surface area contributed by atoms with Gasteiger partial charge in [0.15, 0.2) is 0 Å². The van der Waals surface area contributed by atoms with E-state index < -0.39 is 29.8 Å². The van der Waals surface area contributed by atoms with Crippen LogP contribution in [0.2, 0.25) is 0 Å². The predicted molar refractivity (Wildman–Crippen MR) is 83.3 cm³/mol. The van der Waals surface area contributed by atoms with Crippen molar-refractivity contribution < 1.29 is 19.7 Å². The van der Waals surface area contributed by atoms with Gasteiger partial charge in [-0.3, -0.25) is 4.98 Å². The maximum atomic E-state index is 10.1. The van der Waals surface area contributed by atoms with E-state index in [4.69, 9.17) is 15.0 Å². The summed E-state index contributed by atoms with van der Waals surface area (Å²) in [4.78, 5) is 7.63. The van der Waals surface area contributed by atoms with Crippen molar-refractivity contribution in [3.05, 3.63) is 33.4 Å². The van der Waals surface area contributed by atoms with Crippen LogP contribution in [0.3, 0.4) is 0 Å². The number of hydrogen-bond donors (Lipinski definition) is 2. The molecule has 0 bridgehead atoms. The highest BCUT2D eigenvalue weighted by atomic mass is 79.9. The molecule has 5 atom stereocenters. The molecule has 120 valence electrons. The van der Waals surface area contributed by atoms with Crippen LogP contribution in [-0.4, -0.2) is 58.7 Å². The van der Waals surface area contributed by atoms with Crippen molar-refractivity contribution >= 4 is 27.7 Å². The molecule has 1 fully saturated rings. The molecule has 0 unspecified atom stereocenters. The van der Waals surface area contributed by atoms with Crippen LogP contribution >= 0.6 is 27.7 Å².